The number of rotatable bonds is 15. The van der Waals surface area contributed by atoms with Gasteiger partial charge >= 0.3 is 5.97 Å². The van der Waals surface area contributed by atoms with E-state index in [0.717, 1.165) is 109 Å². The topological polar surface area (TPSA) is 72.5 Å². The summed E-state index contributed by atoms with van der Waals surface area (Å²) in [5, 5.41) is 2.65. The number of hydrogen-bond acceptors (Lipinski definition) is 7. The van der Waals surface area contributed by atoms with Gasteiger partial charge in [0.05, 0.1) is 19.3 Å². The van der Waals surface area contributed by atoms with Gasteiger partial charge in [-0.1, -0.05) is 203 Å². The lowest BCUT2D eigenvalue weighted by molar-refractivity contribution is 0.0526. The Bertz CT molecular complexity index is 5250. The molecule has 0 atom stereocenters. The van der Waals surface area contributed by atoms with Crippen molar-refractivity contribution in [1.29, 1.82) is 0 Å². The third-order valence-electron chi connectivity index (χ3n) is 18.4. The molecule has 532 valence electrons. The van der Waals surface area contributed by atoms with Crippen molar-refractivity contribution in [2.75, 3.05) is 13.7 Å². The average molecular weight is 1490 g/mol. The molecule has 0 amide bonds. The molecule has 7 nitrogen and oxygen atoms in total. The van der Waals surface area contributed by atoms with E-state index in [2.05, 4.69) is 124 Å². The van der Waals surface area contributed by atoms with Crippen LogP contribution < -0.4 is 23.7 Å². The molecule has 4 aliphatic carbocycles. The van der Waals surface area contributed by atoms with Gasteiger partial charge in [0.1, 0.15) is 63.4 Å². The molecule has 0 spiro atoms. The predicted molar refractivity (Wildman–Crippen MR) is 430 cm³/mol. The molecular weight excluding hydrogens is 1410 g/mol. The molecule has 0 N–H and O–H groups in total. The first-order chi connectivity index (χ1) is 50.9. The van der Waals surface area contributed by atoms with Crippen molar-refractivity contribution in [3.05, 3.63) is 393 Å². The van der Waals surface area contributed by atoms with Crippen LogP contribution >= 0.6 is 46.4 Å². The molecule has 0 aromatic heterocycles. The Balaban J connectivity index is 0.000000132. The number of benzene rings is 12. The van der Waals surface area contributed by atoms with E-state index in [-0.39, 0.29) is 25.0 Å². The van der Waals surface area contributed by atoms with E-state index >= 15 is 0 Å². The van der Waals surface area contributed by atoms with Crippen LogP contribution in [0.5, 0.6) is 28.7 Å². The molecule has 4 aliphatic rings. The Kier molecular flexibility index (Phi) is 23.9. The maximum absolute atomic E-state index is 14.3. The molecular formula is C93H76Cl4F2O7. The molecule has 13 heteroatoms. The summed E-state index contributed by atoms with van der Waals surface area (Å²) in [7, 11) is 1.68. The van der Waals surface area contributed by atoms with Gasteiger partial charge in [0.25, 0.3) is 0 Å². The van der Waals surface area contributed by atoms with Crippen molar-refractivity contribution in [1.82, 2.24) is 0 Å². The van der Waals surface area contributed by atoms with Gasteiger partial charge in [0.2, 0.25) is 0 Å². The highest BCUT2D eigenvalue weighted by molar-refractivity contribution is 6.31. The first kappa shape index (κ1) is 74.8. The fourth-order valence-electron chi connectivity index (χ4n) is 12.8. The van der Waals surface area contributed by atoms with Gasteiger partial charge in [-0.2, -0.15) is 0 Å². The normalized spacial score (nSPS) is 12.8. The summed E-state index contributed by atoms with van der Waals surface area (Å²) in [4.78, 5) is 12.2. The predicted octanol–water partition coefficient (Wildman–Crippen LogP) is 25.7. The number of esters is 1. The van der Waals surface area contributed by atoms with E-state index in [0.29, 0.717) is 73.0 Å². The first-order valence-electron chi connectivity index (χ1n) is 34.4. The third-order valence-corrected chi connectivity index (χ3v) is 19.4. The number of halogens is 6. The molecule has 0 saturated carbocycles. The number of carbonyl (C=O) groups is 1. The highest BCUT2D eigenvalue weighted by Gasteiger charge is 2.31. The van der Waals surface area contributed by atoms with E-state index in [1.54, 1.807) is 62.6 Å². The summed E-state index contributed by atoms with van der Waals surface area (Å²) in [6, 6.07) is 84.4. The Labute approximate surface area is 638 Å². The molecule has 0 bridgehead atoms. The maximum Gasteiger partial charge on any atom is 0.338 e. The standard InChI is InChI=1S/C25H21ClO3.C23H19ClO2.2C22H16ClFO.CH4/c1-3-28-25(27)19-9-8-18-14-22(17-6-4-16(2)5-7-17)24(23(18)15-19)29-21-12-10-20(26)11-13-21;1-15-3-5-16(6-4-15)21-13-17-7-10-20(25-2)14-22(17)23(21)26-19-11-8-18(24)9-12-19;1-14-2-4-15(5-3-14)20-12-16-6-9-18(24)13-21(16)22(20)25-19-10-7-17(23)8-11-19;1-14-5-7-15(8-6-14)19-13-20-18(3-2-4-21(20)24)22(19)25-17-11-9-16(23)10-12-17;/h4-13,15H,3,14H2,1-2H3;3-12,14H,13H2,1-2H3;2-11,13H,12H2,1H3;2-12H,13H2,1H3;1H4. The summed E-state index contributed by atoms with van der Waals surface area (Å²) in [6.45, 7) is 10.4. The molecule has 12 aromatic carbocycles. The number of methoxy groups -OCH3 is 1. The van der Waals surface area contributed by atoms with E-state index in [1.165, 1.54) is 51.1 Å². The van der Waals surface area contributed by atoms with Crippen LogP contribution in [-0.2, 0) is 30.4 Å². The van der Waals surface area contributed by atoms with Crippen LogP contribution in [-0.4, -0.2) is 19.7 Å². The van der Waals surface area contributed by atoms with Crippen LogP contribution in [0.4, 0.5) is 8.78 Å². The Hall–Kier alpha value is -10.9. The van der Waals surface area contributed by atoms with E-state index in [1.807, 2.05) is 110 Å². The average Bonchev–Trinajstić information content (AvgIpc) is 1.64. The number of ether oxygens (including phenoxy) is 6. The number of hydrogen-bond donors (Lipinski definition) is 0. The van der Waals surface area contributed by atoms with Crippen LogP contribution in [0.1, 0.15) is 114 Å². The van der Waals surface area contributed by atoms with Crippen molar-refractivity contribution in [2.45, 2.75) is 67.7 Å². The van der Waals surface area contributed by atoms with Crippen LogP contribution in [0.2, 0.25) is 20.1 Å². The lowest BCUT2D eigenvalue weighted by Crippen LogP contribution is -2.05. The van der Waals surface area contributed by atoms with Crippen LogP contribution in [0, 0.1) is 39.3 Å². The molecule has 12 aromatic rings. The van der Waals surface area contributed by atoms with Crippen LogP contribution in [0.3, 0.4) is 0 Å². The van der Waals surface area contributed by atoms with Gasteiger partial charge in [-0.3, -0.25) is 0 Å². The third kappa shape index (κ3) is 17.7. The summed E-state index contributed by atoms with van der Waals surface area (Å²) in [5.41, 5.74) is 21.8. The first-order valence-corrected chi connectivity index (χ1v) is 35.9. The second-order valence-corrected chi connectivity index (χ2v) is 27.6. The van der Waals surface area contributed by atoms with Gasteiger partial charge in [-0.05, 0) is 213 Å². The number of aryl methyl sites for hydroxylation is 4. The maximum atomic E-state index is 14.3. The Morgan fingerprint density at radius 2 is 0.679 bits per heavy atom. The lowest BCUT2D eigenvalue weighted by Gasteiger charge is -2.12. The molecule has 0 fully saturated rings. The number of allylic oxidation sites excluding steroid dienone is 4. The minimum atomic E-state index is -0.329. The van der Waals surface area contributed by atoms with Crippen molar-refractivity contribution in [3.63, 3.8) is 0 Å². The van der Waals surface area contributed by atoms with Crippen molar-refractivity contribution in [3.8, 4) is 28.7 Å². The second kappa shape index (κ2) is 33.9. The molecule has 0 heterocycles. The van der Waals surface area contributed by atoms with Crippen molar-refractivity contribution >= 4 is 97.7 Å². The molecule has 106 heavy (non-hydrogen) atoms. The number of fused-ring (bicyclic) bond motifs is 4. The highest BCUT2D eigenvalue weighted by Crippen LogP contribution is 2.46. The summed E-state index contributed by atoms with van der Waals surface area (Å²) >= 11 is 23.9. The SMILES string of the molecule is C.CCOC(=O)c1ccc2c(c1)C(Oc1ccc(Cl)cc1)=C(c1ccc(C)cc1)C2.COc1ccc2c(c1)C(Oc1ccc(Cl)cc1)=C(c1ccc(C)cc1)C2.Cc1ccc(C2=C(Oc3ccc(Cl)cc3)c3cc(F)ccc3C2)cc1.Cc1ccc(C2=C(Oc3ccc(Cl)cc3)c3cccc(F)c3C2)cc1. The Morgan fingerprint density at radius 1 is 0.358 bits per heavy atom. The lowest BCUT2D eigenvalue weighted by atomic mass is 10.0. The van der Waals surface area contributed by atoms with Gasteiger partial charge in [-0.25, -0.2) is 13.6 Å². The molecule has 0 radical (unpaired) electrons. The minimum Gasteiger partial charge on any atom is -0.497 e. The summed E-state index contributed by atoms with van der Waals surface area (Å²) in [6.07, 6.45) is 2.82. The van der Waals surface area contributed by atoms with Gasteiger partial charge in [-0.15, -0.1) is 0 Å². The summed E-state index contributed by atoms with van der Waals surface area (Å²) in [5.74, 6) is 5.92. The molecule has 0 unspecified atom stereocenters. The van der Waals surface area contributed by atoms with Gasteiger partial charge in [0, 0.05) is 95.9 Å². The van der Waals surface area contributed by atoms with E-state index < -0.39 is 0 Å². The fraction of sp³-hybridized carbons (Fsp3) is 0.129. The van der Waals surface area contributed by atoms with Crippen LogP contribution in [0.25, 0.3) is 45.3 Å². The zero-order chi connectivity index (χ0) is 73.3. The molecule has 0 aliphatic heterocycles. The quantitative estimate of drug-likeness (QED) is 0.0947. The van der Waals surface area contributed by atoms with Gasteiger partial charge < -0.3 is 28.4 Å². The molecule has 0 saturated heterocycles. The summed E-state index contributed by atoms with van der Waals surface area (Å²) < 4.78 is 63.7. The minimum absolute atomic E-state index is 0. The fourth-order valence-corrected chi connectivity index (χ4v) is 13.3. The second-order valence-electron chi connectivity index (χ2n) is 25.8. The molecule has 16 rings (SSSR count). The largest absolute Gasteiger partial charge is 0.497 e. The van der Waals surface area contributed by atoms with Gasteiger partial charge in [0.15, 0.2) is 0 Å². The monoisotopic (exact) mass is 1480 g/mol. The van der Waals surface area contributed by atoms with Crippen molar-refractivity contribution in [2.24, 2.45) is 0 Å². The Morgan fingerprint density at radius 3 is 1.05 bits per heavy atom. The van der Waals surface area contributed by atoms with E-state index in [4.69, 9.17) is 74.8 Å². The number of carbonyl (C=O) groups excluding carboxylic acids is 1. The van der Waals surface area contributed by atoms with Crippen molar-refractivity contribution < 1.29 is 42.0 Å². The van der Waals surface area contributed by atoms with Crippen LogP contribution in [0.15, 0.2) is 267 Å². The van der Waals surface area contributed by atoms with E-state index in [9.17, 15) is 13.6 Å². The zero-order valence-electron chi connectivity index (χ0n) is 58.6. The zero-order valence-corrected chi connectivity index (χ0v) is 61.6. The highest BCUT2D eigenvalue weighted by atomic mass is 35.5. The smallest absolute Gasteiger partial charge is 0.338 e.